The van der Waals surface area contributed by atoms with E-state index >= 15 is 0 Å². The minimum Gasteiger partial charge on any atom is -0.337 e. The van der Waals surface area contributed by atoms with Crippen LogP contribution in [-0.2, 0) is 6.42 Å². The average molecular weight is 269 g/mol. The molecule has 1 amide bonds. The Kier molecular flexibility index (Phi) is 5.26. The van der Waals surface area contributed by atoms with Crippen LogP contribution in [0.1, 0.15) is 15.9 Å². The highest BCUT2D eigenvalue weighted by atomic mass is 16.2. The highest BCUT2D eigenvalue weighted by molar-refractivity contribution is 5.94. The largest absolute Gasteiger partial charge is 0.337 e. The molecule has 4 heteroatoms. The molecule has 0 radical (unpaired) electrons. The third-order valence-electron chi connectivity index (χ3n) is 3.13. The Bertz CT molecular complexity index is 528. The monoisotopic (exact) mass is 269 g/mol. The number of rotatable bonds is 6. The molecule has 104 valence electrons. The van der Waals surface area contributed by atoms with Gasteiger partial charge in [-0.25, -0.2) is 0 Å². The lowest BCUT2D eigenvalue weighted by molar-refractivity contribution is 0.0762. The van der Waals surface area contributed by atoms with E-state index < -0.39 is 0 Å². The van der Waals surface area contributed by atoms with Crippen molar-refractivity contribution in [3.63, 3.8) is 0 Å². The van der Waals surface area contributed by atoms with Crippen molar-refractivity contribution in [1.29, 1.82) is 0 Å². The van der Waals surface area contributed by atoms with Crippen molar-refractivity contribution in [1.82, 2.24) is 9.88 Å². The van der Waals surface area contributed by atoms with Crippen molar-refractivity contribution < 1.29 is 4.79 Å². The Morgan fingerprint density at radius 3 is 2.40 bits per heavy atom. The summed E-state index contributed by atoms with van der Waals surface area (Å²) in [6.07, 6.45) is 4.09. The molecule has 2 aromatic rings. The fourth-order valence-corrected chi connectivity index (χ4v) is 2.06. The van der Waals surface area contributed by atoms with Gasteiger partial charge in [0, 0.05) is 37.6 Å². The summed E-state index contributed by atoms with van der Waals surface area (Å²) in [5.41, 5.74) is 7.48. The SMILES string of the molecule is NCCN(CCc1ccccc1)C(=O)c1ccncc1. The summed E-state index contributed by atoms with van der Waals surface area (Å²) in [5.74, 6) is 0.00813. The number of nitrogens with two attached hydrogens (primary N) is 1. The number of pyridine rings is 1. The first-order valence-corrected chi connectivity index (χ1v) is 6.74. The van der Waals surface area contributed by atoms with E-state index in [4.69, 9.17) is 5.73 Å². The van der Waals surface area contributed by atoms with Gasteiger partial charge in [0.1, 0.15) is 0 Å². The van der Waals surface area contributed by atoms with Gasteiger partial charge in [-0.15, -0.1) is 0 Å². The van der Waals surface area contributed by atoms with Crippen molar-refractivity contribution in [2.24, 2.45) is 5.73 Å². The summed E-state index contributed by atoms with van der Waals surface area (Å²) in [7, 11) is 0. The smallest absolute Gasteiger partial charge is 0.254 e. The normalized spacial score (nSPS) is 10.2. The molecule has 0 aliphatic carbocycles. The Morgan fingerprint density at radius 1 is 1.05 bits per heavy atom. The van der Waals surface area contributed by atoms with E-state index in [-0.39, 0.29) is 5.91 Å². The summed E-state index contributed by atoms with van der Waals surface area (Å²) in [6.45, 7) is 1.70. The molecule has 0 atom stereocenters. The van der Waals surface area contributed by atoms with E-state index in [1.807, 2.05) is 18.2 Å². The fourth-order valence-electron chi connectivity index (χ4n) is 2.06. The Morgan fingerprint density at radius 2 is 1.75 bits per heavy atom. The van der Waals surface area contributed by atoms with Gasteiger partial charge < -0.3 is 10.6 Å². The second-order valence-electron chi connectivity index (χ2n) is 4.55. The molecule has 1 aromatic heterocycles. The summed E-state index contributed by atoms with van der Waals surface area (Å²) < 4.78 is 0. The van der Waals surface area contributed by atoms with Gasteiger partial charge in [-0.1, -0.05) is 30.3 Å². The van der Waals surface area contributed by atoms with Crippen molar-refractivity contribution in [2.75, 3.05) is 19.6 Å². The summed E-state index contributed by atoms with van der Waals surface area (Å²) in [5, 5.41) is 0. The second-order valence-corrected chi connectivity index (χ2v) is 4.55. The van der Waals surface area contributed by atoms with Crippen molar-refractivity contribution in [3.8, 4) is 0 Å². The predicted octanol–water partition coefficient (Wildman–Crippen LogP) is 1.73. The third-order valence-corrected chi connectivity index (χ3v) is 3.13. The zero-order valence-electron chi connectivity index (χ0n) is 11.4. The molecule has 1 aromatic carbocycles. The van der Waals surface area contributed by atoms with Crippen molar-refractivity contribution in [2.45, 2.75) is 6.42 Å². The molecule has 0 unspecified atom stereocenters. The topological polar surface area (TPSA) is 59.2 Å². The number of hydrogen-bond donors (Lipinski definition) is 1. The quantitative estimate of drug-likeness (QED) is 0.868. The lowest BCUT2D eigenvalue weighted by Gasteiger charge is -2.22. The predicted molar refractivity (Wildman–Crippen MR) is 79.3 cm³/mol. The maximum absolute atomic E-state index is 12.4. The van der Waals surface area contributed by atoms with Crippen molar-refractivity contribution >= 4 is 5.91 Å². The van der Waals surface area contributed by atoms with Crippen LogP contribution in [0, 0.1) is 0 Å². The van der Waals surface area contributed by atoms with E-state index in [1.165, 1.54) is 5.56 Å². The van der Waals surface area contributed by atoms with Gasteiger partial charge in [-0.05, 0) is 24.1 Å². The zero-order chi connectivity index (χ0) is 14.2. The lowest BCUT2D eigenvalue weighted by Crippen LogP contribution is -2.36. The van der Waals surface area contributed by atoms with Crippen LogP contribution in [0.2, 0.25) is 0 Å². The van der Waals surface area contributed by atoms with Gasteiger partial charge in [0.25, 0.3) is 5.91 Å². The standard InChI is InChI=1S/C16H19N3O/c17-9-13-19(12-8-14-4-2-1-3-5-14)16(20)15-6-10-18-11-7-15/h1-7,10-11H,8-9,12-13,17H2. The van der Waals surface area contributed by atoms with E-state index in [9.17, 15) is 4.79 Å². The average Bonchev–Trinajstić information content (AvgIpc) is 2.52. The third kappa shape index (κ3) is 3.90. The molecular weight excluding hydrogens is 250 g/mol. The molecular formula is C16H19N3O. The Labute approximate surface area is 119 Å². The molecule has 0 saturated carbocycles. The molecule has 20 heavy (non-hydrogen) atoms. The van der Waals surface area contributed by atoms with E-state index in [2.05, 4.69) is 17.1 Å². The van der Waals surface area contributed by atoms with Gasteiger partial charge >= 0.3 is 0 Å². The molecule has 2 N–H and O–H groups in total. The molecule has 0 spiro atoms. The van der Waals surface area contributed by atoms with Crippen LogP contribution in [0.5, 0.6) is 0 Å². The van der Waals surface area contributed by atoms with Crippen LogP contribution in [0.25, 0.3) is 0 Å². The van der Waals surface area contributed by atoms with E-state index in [1.54, 1.807) is 29.4 Å². The number of benzene rings is 1. The molecule has 0 bridgehead atoms. The number of aromatic nitrogens is 1. The van der Waals surface area contributed by atoms with Crippen molar-refractivity contribution in [3.05, 3.63) is 66.0 Å². The summed E-state index contributed by atoms with van der Waals surface area (Å²) >= 11 is 0. The molecule has 0 aliphatic rings. The van der Waals surface area contributed by atoms with Crippen LogP contribution in [0.3, 0.4) is 0 Å². The van der Waals surface area contributed by atoms with Gasteiger partial charge in [-0.3, -0.25) is 9.78 Å². The number of carbonyl (C=O) groups excluding carboxylic acids is 1. The van der Waals surface area contributed by atoms with Crippen LogP contribution in [0.15, 0.2) is 54.9 Å². The first-order valence-electron chi connectivity index (χ1n) is 6.74. The van der Waals surface area contributed by atoms with E-state index in [0.29, 0.717) is 25.2 Å². The molecule has 1 heterocycles. The minimum atomic E-state index is 0.00813. The minimum absolute atomic E-state index is 0.00813. The van der Waals surface area contributed by atoms with Gasteiger partial charge in [-0.2, -0.15) is 0 Å². The molecule has 0 saturated heterocycles. The van der Waals surface area contributed by atoms with E-state index in [0.717, 1.165) is 6.42 Å². The Hall–Kier alpha value is -2.20. The summed E-state index contributed by atoms with van der Waals surface area (Å²) in [6, 6.07) is 13.6. The highest BCUT2D eigenvalue weighted by Gasteiger charge is 2.14. The van der Waals surface area contributed by atoms with Gasteiger partial charge in [0.2, 0.25) is 0 Å². The zero-order valence-corrected chi connectivity index (χ0v) is 11.4. The van der Waals surface area contributed by atoms with Crippen LogP contribution in [-0.4, -0.2) is 35.4 Å². The molecule has 2 rings (SSSR count). The first-order chi connectivity index (χ1) is 9.81. The van der Waals surface area contributed by atoms with Crippen LogP contribution < -0.4 is 5.73 Å². The first kappa shape index (κ1) is 14.2. The van der Waals surface area contributed by atoms with Crippen LogP contribution in [0.4, 0.5) is 0 Å². The number of nitrogens with zero attached hydrogens (tertiary/aromatic N) is 2. The summed E-state index contributed by atoms with van der Waals surface area (Å²) in [4.78, 5) is 18.1. The maximum atomic E-state index is 12.4. The second kappa shape index (κ2) is 7.40. The lowest BCUT2D eigenvalue weighted by atomic mass is 10.1. The van der Waals surface area contributed by atoms with Crippen LogP contribution >= 0.6 is 0 Å². The maximum Gasteiger partial charge on any atom is 0.254 e. The highest BCUT2D eigenvalue weighted by Crippen LogP contribution is 2.06. The number of carbonyl (C=O) groups is 1. The number of amides is 1. The molecule has 0 aliphatic heterocycles. The molecule has 4 nitrogen and oxygen atoms in total. The fraction of sp³-hybridized carbons (Fsp3) is 0.250. The van der Waals surface area contributed by atoms with Gasteiger partial charge in [0.15, 0.2) is 0 Å². The number of hydrogen-bond acceptors (Lipinski definition) is 3. The molecule has 0 fully saturated rings. The van der Waals surface area contributed by atoms with Gasteiger partial charge in [0.05, 0.1) is 0 Å². The Balaban J connectivity index is 2.02.